The summed E-state index contributed by atoms with van der Waals surface area (Å²) in [5, 5.41) is 59.0. The number of aliphatic hydroxyl groups is 6. The zero-order valence-corrected chi connectivity index (χ0v) is 84.7. The molecule has 852 valence electrons. The summed E-state index contributed by atoms with van der Waals surface area (Å²) >= 11 is 0. The van der Waals surface area contributed by atoms with Crippen LogP contribution in [0.5, 0.6) is 0 Å². The molecule has 25 unspecified atom stereocenters. The number of esters is 4. The maximum absolute atomic E-state index is 13.3. The van der Waals surface area contributed by atoms with Crippen LogP contribution in [0, 0.1) is 105 Å². The van der Waals surface area contributed by atoms with Crippen LogP contribution in [0.3, 0.4) is 0 Å². The van der Waals surface area contributed by atoms with Crippen LogP contribution in [-0.4, -0.2) is 186 Å². The minimum Gasteiger partial charge on any atom is -0.462 e. The van der Waals surface area contributed by atoms with E-state index < -0.39 is 265 Å². The van der Waals surface area contributed by atoms with Crippen molar-refractivity contribution in [3.63, 3.8) is 0 Å². The number of hydrogen-bond acceptors (Lipinski definition) is 15. The molecular formula is C98H160F30O15. The minimum absolute atomic E-state index is 0. The molecule has 15 nitrogen and oxygen atoms in total. The van der Waals surface area contributed by atoms with Crippen molar-refractivity contribution < 1.29 is 205 Å². The second-order valence-electron chi connectivity index (χ2n) is 43.7. The molecule has 8 aliphatic carbocycles. The Hall–Kier alpha value is -4.50. The maximum atomic E-state index is 13.3. The van der Waals surface area contributed by atoms with E-state index in [1.54, 1.807) is 0 Å². The second kappa shape index (κ2) is 50.8. The Balaban J connectivity index is 0.00000170. The van der Waals surface area contributed by atoms with E-state index in [0.717, 1.165) is 65.7 Å². The molecule has 0 amide bonds. The van der Waals surface area contributed by atoms with Crippen molar-refractivity contribution in [2.45, 2.75) is 492 Å². The van der Waals surface area contributed by atoms with Gasteiger partial charge in [0.2, 0.25) is 0 Å². The zero-order valence-electron chi connectivity index (χ0n) is 84.7. The molecule has 143 heavy (non-hydrogen) atoms. The summed E-state index contributed by atoms with van der Waals surface area (Å²) in [4.78, 5) is 48.0. The van der Waals surface area contributed by atoms with Gasteiger partial charge in [0.1, 0.15) is 23.9 Å². The van der Waals surface area contributed by atoms with Crippen molar-refractivity contribution in [1.29, 1.82) is 0 Å². The van der Waals surface area contributed by atoms with Gasteiger partial charge in [-0.15, -0.1) is 0 Å². The van der Waals surface area contributed by atoms with Crippen LogP contribution in [0.15, 0.2) is 0 Å². The van der Waals surface area contributed by atoms with Crippen molar-refractivity contribution in [2.75, 3.05) is 0 Å². The maximum Gasteiger partial charge on any atom is 0.417 e. The first-order valence-electron chi connectivity index (χ1n) is 48.4. The Morgan fingerprint density at radius 3 is 0.860 bits per heavy atom. The topological polar surface area (TPSA) is 236 Å². The van der Waals surface area contributed by atoms with Crippen molar-refractivity contribution in [2.24, 2.45) is 105 Å². The van der Waals surface area contributed by atoms with Gasteiger partial charge in [0.25, 0.3) is 0 Å². The quantitative estimate of drug-likeness (QED) is 0.0299. The lowest BCUT2D eigenvalue weighted by Crippen LogP contribution is -2.57. The number of hydrogen-bond donors (Lipinski definition) is 6. The highest BCUT2D eigenvalue weighted by molar-refractivity contribution is 5.79. The molecule has 6 N–H and O–H groups in total. The molecule has 8 saturated carbocycles. The van der Waals surface area contributed by atoms with E-state index in [0.29, 0.717) is 104 Å². The molecule has 0 spiro atoms. The third kappa shape index (κ3) is 35.0. The van der Waals surface area contributed by atoms with Gasteiger partial charge in [0.05, 0.1) is 12.2 Å². The van der Waals surface area contributed by atoms with Crippen molar-refractivity contribution in [1.82, 2.24) is 0 Å². The number of carbonyl (C=O) groups is 4. The van der Waals surface area contributed by atoms with E-state index in [9.17, 15) is 182 Å². The molecule has 0 radical (unpaired) electrons. The standard InChI is InChI=1S/2C18H25F9O4.C17H24F6O3.C13H21F3O.C10H17F3O2.C10H20O.C10H20.2CH4/c2*1-5-13(2,16(19,20)21)12(28)31-11-7-9(14(3,29)17(22,23)24)6-10(8-11)15(4,30)18(25,26)27;1-4-14(2,16(18,19)20)13(24)26-12-7-9-5-10(11(12)6-9)8-15(3,25)17(21,22)23;1-7-8(2)11-5-9(7)4-10(11)6-12(3,17)13(14,15)16;1-6-9(5,10(11,12)13)7(14)15-8(2,3)4;1-3-9(2)11-10-7-5-4-6-8-10;1-3-9(2)10-7-5-4-6-8-10;;/h2*9-11,29-30H,5-8H2,1-4H3;9-12,25H,4-8H2,1-3H3;7-11,17H,4-6H2,1-3H3;6H2,1-5H3;9-10H,3-8H2,1-2H3;9-10H,3-8H2,1-2H3;2*1H4. The average Bonchev–Trinajstić information content (AvgIpc) is 1.72. The summed E-state index contributed by atoms with van der Waals surface area (Å²) in [5.41, 5.74) is -31.5. The predicted molar refractivity (Wildman–Crippen MR) is 474 cm³/mol. The van der Waals surface area contributed by atoms with Gasteiger partial charge in [0, 0.05) is 23.7 Å². The van der Waals surface area contributed by atoms with Crippen LogP contribution in [0.2, 0.25) is 0 Å². The largest absolute Gasteiger partial charge is 0.462 e. The van der Waals surface area contributed by atoms with E-state index >= 15 is 0 Å². The van der Waals surface area contributed by atoms with Crippen molar-refractivity contribution in [3.05, 3.63) is 0 Å². The van der Waals surface area contributed by atoms with Crippen LogP contribution < -0.4 is 0 Å². The number of rotatable bonds is 24. The minimum atomic E-state index is -5.29. The molecule has 4 bridgehead atoms. The molecule has 0 aliphatic heterocycles. The fraction of sp³-hybridized carbons (Fsp3) is 0.959. The number of fused-ring (bicyclic) bond motifs is 4. The van der Waals surface area contributed by atoms with Gasteiger partial charge >= 0.3 is 85.6 Å². The lowest BCUT2D eigenvalue weighted by Gasteiger charge is -2.46. The smallest absolute Gasteiger partial charge is 0.417 e. The number of halogens is 30. The van der Waals surface area contributed by atoms with Gasteiger partial charge < -0.3 is 54.3 Å². The van der Waals surface area contributed by atoms with E-state index in [2.05, 4.69) is 41.5 Å². The Bertz CT molecular complexity index is 3650. The second-order valence-corrected chi connectivity index (χ2v) is 43.7. The molecule has 8 fully saturated rings. The molecule has 45 heteroatoms. The summed E-state index contributed by atoms with van der Waals surface area (Å²) in [6.45, 7) is 28.1. The molecule has 0 aromatic rings. The summed E-state index contributed by atoms with van der Waals surface area (Å²) in [6, 6.07) is 0. The van der Waals surface area contributed by atoms with Gasteiger partial charge in [-0.1, -0.05) is 135 Å². The molecule has 8 rings (SSSR count). The SMILES string of the molecule is C.C.CC1C2CC(CC(C)(O)C(F)(F)F)C(C2)C1C.CCC(C)(C(=O)OC(C)(C)C)C(F)(F)F.CCC(C)(C(=O)OC1CC(C(C)(O)C(F)(F)F)CC(C(C)(O)C(F)(F)F)C1)C(F)(F)F.CCC(C)(C(=O)OC1CC(C(C)(O)C(F)(F)F)CC(C(C)(O)C(F)(F)F)C1)C(F)(F)F.CCC(C)(C(=O)OC1CC2CC(CC(C)(O)C(F)(F)F)C1C2)C(F)(F)F.CCC(C)C1CCCCC1.CCC(C)OC1CCCCC1. The Labute approximate surface area is 822 Å². The van der Waals surface area contributed by atoms with Crippen LogP contribution in [0.4, 0.5) is 132 Å². The molecular weight excluding hydrogens is 1990 g/mol. The van der Waals surface area contributed by atoms with E-state index in [-0.39, 0.29) is 39.5 Å². The van der Waals surface area contributed by atoms with E-state index in [4.69, 9.17) is 23.7 Å². The Morgan fingerprint density at radius 1 is 0.315 bits per heavy atom. The van der Waals surface area contributed by atoms with Gasteiger partial charge in [-0.3, -0.25) is 19.2 Å². The third-order valence-electron chi connectivity index (χ3n) is 32.3. The van der Waals surface area contributed by atoms with E-state index in [1.165, 1.54) is 105 Å². The van der Waals surface area contributed by atoms with Gasteiger partial charge in [-0.05, 0) is 285 Å². The first-order valence-corrected chi connectivity index (χ1v) is 48.4. The number of ether oxygens (including phenoxy) is 5. The highest BCUT2D eigenvalue weighted by Crippen LogP contribution is 2.61. The zero-order chi connectivity index (χ0) is 111. The van der Waals surface area contributed by atoms with Crippen LogP contribution in [-0.2, 0) is 42.9 Å². The Kier molecular flexibility index (Phi) is 49.2. The first-order chi connectivity index (χ1) is 62.9. The molecule has 0 aromatic heterocycles. The molecule has 0 heterocycles. The van der Waals surface area contributed by atoms with Crippen molar-refractivity contribution in [3.8, 4) is 0 Å². The first kappa shape index (κ1) is 138. The Morgan fingerprint density at radius 2 is 0.608 bits per heavy atom. The highest BCUT2D eigenvalue weighted by Gasteiger charge is 2.68. The molecule has 0 aromatic carbocycles. The molecule has 8 aliphatic rings. The summed E-state index contributed by atoms with van der Waals surface area (Å²) in [6.07, 6.45) is -41.6. The summed E-state index contributed by atoms with van der Waals surface area (Å²) in [7, 11) is 0. The summed E-state index contributed by atoms with van der Waals surface area (Å²) in [5.74, 6) is -11.0. The third-order valence-corrected chi connectivity index (χ3v) is 32.3. The lowest BCUT2D eigenvalue weighted by molar-refractivity contribution is -0.300. The van der Waals surface area contributed by atoms with Crippen molar-refractivity contribution >= 4 is 23.9 Å². The molecule has 25 atom stereocenters. The van der Waals surface area contributed by atoms with Gasteiger partial charge in [-0.2, -0.15) is 132 Å². The summed E-state index contributed by atoms with van der Waals surface area (Å²) < 4.78 is 418. The number of carbonyl (C=O) groups excluding carboxylic acids is 4. The van der Waals surface area contributed by atoms with Gasteiger partial charge in [-0.25, -0.2) is 0 Å². The predicted octanol–water partition coefficient (Wildman–Crippen LogP) is 29.4. The van der Waals surface area contributed by atoms with Crippen LogP contribution in [0.25, 0.3) is 0 Å². The van der Waals surface area contributed by atoms with Crippen LogP contribution >= 0.6 is 0 Å². The van der Waals surface area contributed by atoms with Crippen LogP contribution in [0.1, 0.15) is 360 Å². The number of alkyl halides is 30. The van der Waals surface area contributed by atoms with Gasteiger partial charge in [0.15, 0.2) is 55.3 Å². The fourth-order valence-corrected chi connectivity index (χ4v) is 19.6. The monoisotopic (exact) mass is 2150 g/mol. The lowest BCUT2D eigenvalue weighted by atomic mass is 9.67. The normalized spacial score (nSPS) is 29.5. The highest BCUT2D eigenvalue weighted by atomic mass is 19.4. The molecule has 0 saturated heterocycles. The average molecular weight is 2150 g/mol. The fourth-order valence-electron chi connectivity index (χ4n) is 19.6. The van der Waals surface area contributed by atoms with E-state index in [1.807, 2.05) is 0 Å².